The molecule has 0 aliphatic heterocycles. The van der Waals surface area contributed by atoms with Gasteiger partial charge < -0.3 is 15.5 Å². The smallest absolute Gasteiger partial charge is 0.267 e. The molecule has 0 aromatic heterocycles. The van der Waals surface area contributed by atoms with E-state index in [2.05, 4.69) is 31.3 Å². The number of allylic oxidation sites excluding steroid dienone is 3. The van der Waals surface area contributed by atoms with Crippen molar-refractivity contribution in [2.75, 3.05) is 5.75 Å². The summed E-state index contributed by atoms with van der Waals surface area (Å²) >= 11 is 0. The molecule has 4 N–H and O–H groups in total. The minimum atomic E-state index is -4.44. The van der Waals surface area contributed by atoms with Crippen LogP contribution in [0.15, 0.2) is 24.3 Å². The number of hydrogen-bond acceptors (Lipinski definition) is 5. The molecule has 3 atom stereocenters. The standard InChI is InChI=1S/C36H69NO6S/c1-3-5-7-9-11-13-15-17-19-21-23-25-27-29-31-35(39)36(40)37-33(32-44(41,42)43)34(38)30-28-26-24-22-20-18-16-14-12-10-8-6-4-2/h20,22,28,30,33-35,38-39H,3-19,21,23-27,29,31-32H2,1-2H3,(H,37,40)(H,41,42,43)/b22-20+,30-28+. The highest BCUT2D eigenvalue weighted by Gasteiger charge is 2.27. The van der Waals surface area contributed by atoms with Gasteiger partial charge in [-0.2, -0.15) is 8.42 Å². The van der Waals surface area contributed by atoms with Crippen molar-refractivity contribution in [3.63, 3.8) is 0 Å². The molecule has 0 bridgehead atoms. The number of nitrogens with one attached hydrogen (secondary N) is 1. The molecule has 0 aromatic carbocycles. The number of aliphatic hydroxyl groups excluding tert-OH is 2. The summed E-state index contributed by atoms with van der Waals surface area (Å²) in [6.45, 7) is 4.47. The first-order valence-electron chi connectivity index (χ1n) is 18.1. The minimum Gasteiger partial charge on any atom is -0.387 e. The van der Waals surface area contributed by atoms with E-state index < -0.39 is 40.0 Å². The topological polar surface area (TPSA) is 124 Å². The van der Waals surface area contributed by atoms with E-state index in [0.717, 1.165) is 32.1 Å². The molecular weight excluding hydrogens is 574 g/mol. The monoisotopic (exact) mass is 643 g/mol. The number of hydrogen-bond donors (Lipinski definition) is 4. The van der Waals surface area contributed by atoms with Crippen LogP contribution in [0.25, 0.3) is 0 Å². The van der Waals surface area contributed by atoms with E-state index in [0.29, 0.717) is 12.8 Å². The van der Waals surface area contributed by atoms with E-state index >= 15 is 0 Å². The summed E-state index contributed by atoms with van der Waals surface area (Å²) in [5.74, 6) is -1.55. The highest BCUT2D eigenvalue weighted by Crippen LogP contribution is 2.14. The van der Waals surface area contributed by atoms with Crippen molar-refractivity contribution >= 4 is 16.0 Å². The lowest BCUT2D eigenvalue weighted by atomic mass is 10.0. The van der Waals surface area contributed by atoms with Gasteiger partial charge in [-0.1, -0.05) is 167 Å². The Balaban J connectivity index is 4.16. The van der Waals surface area contributed by atoms with Gasteiger partial charge in [-0.3, -0.25) is 9.35 Å². The van der Waals surface area contributed by atoms with Gasteiger partial charge in [-0.05, 0) is 32.1 Å². The Morgan fingerprint density at radius 2 is 1.02 bits per heavy atom. The zero-order valence-electron chi connectivity index (χ0n) is 28.4. The van der Waals surface area contributed by atoms with E-state index in [1.165, 1.54) is 115 Å². The molecule has 0 aromatic rings. The van der Waals surface area contributed by atoms with Crippen molar-refractivity contribution in [3.05, 3.63) is 24.3 Å². The van der Waals surface area contributed by atoms with Gasteiger partial charge >= 0.3 is 0 Å². The average molecular weight is 644 g/mol. The highest BCUT2D eigenvalue weighted by molar-refractivity contribution is 7.85. The summed E-state index contributed by atoms with van der Waals surface area (Å²) in [7, 11) is -4.44. The van der Waals surface area contributed by atoms with E-state index in [4.69, 9.17) is 0 Å². The maximum Gasteiger partial charge on any atom is 0.267 e. The van der Waals surface area contributed by atoms with Gasteiger partial charge in [0, 0.05) is 0 Å². The van der Waals surface area contributed by atoms with Crippen molar-refractivity contribution in [2.45, 2.75) is 193 Å². The van der Waals surface area contributed by atoms with E-state index in [9.17, 15) is 28.0 Å². The molecule has 0 radical (unpaired) electrons. The number of unbranched alkanes of at least 4 members (excludes halogenated alkanes) is 21. The lowest BCUT2D eigenvalue weighted by molar-refractivity contribution is -0.130. The second kappa shape index (κ2) is 30.4. The number of amides is 1. The number of rotatable bonds is 32. The third-order valence-corrected chi connectivity index (χ3v) is 9.02. The maximum atomic E-state index is 12.5. The predicted molar refractivity (Wildman–Crippen MR) is 185 cm³/mol. The summed E-state index contributed by atoms with van der Waals surface area (Å²) in [4.78, 5) is 12.5. The third kappa shape index (κ3) is 29.5. The first kappa shape index (κ1) is 42.8. The molecule has 0 fully saturated rings. The summed E-state index contributed by atoms with van der Waals surface area (Å²) in [5.41, 5.74) is 0. The Morgan fingerprint density at radius 3 is 1.50 bits per heavy atom. The molecule has 0 rings (SSSR count). The molecule has 1 amide bonds. The fourth-order valence-electron chi connectivity index (χ4n) is 5.41. The van der Waals surface area contributed by atoms with Crippen LogP contribution in [0.1, 0.15) is 174 Å². The first-order valence-corrected chi connectivity index (χ1v) is 19.8. The molecular formula is C36H69NO6S. The van der Waals surface area contributed by atoms with Crippen LogP contribution in [0.2, 0.25) is 0 Å². The number of carbonyl (C=O) groups is 1. The third-order valence-electron chi connectivity index (χ3n) is 8.24. The SMILES string of the molecule is CCCCCCCCC/C=C/CC/C=C/C(O)C(CS(=O)(=O)O)NC(=O)C(O)CCCCCCCCCCCCCCCC. The summed E-state index contributed by atoms with van der Waals surface area (Å²) in [6.07, 6.45) is 33.8. The van der Waals surface area contributed by atoms with Gasteiger partial charge in [0.25, 0.3) is 10.1 Å². The molecule has 3 unspecified atom stereocenters. The molecule has 0 heterocycles. The average Bonchev–Trinajstić information content (AvgIpc) is 2.98. The zero-order valence-corrected chi connectivity index (χ0v) is 29.2. The van der Waals surface area contributed by atoms with Crippen LogP contribution in [0, 0.1) is 0 Å². The Kier molecular flexibility index (Phi) is 29.6. The normalized spacial score (nSPS) is 14.4. The van der Waals surface area contributed by atoms with Crippen molar-refractivity contribution in [1.29, 1.82) is 0 Å². The lowest BCUT2D eigenvalue weighted by Crippen LogP contribution is -2.50. The Labute approximate surface area is 271 Å². The first-order chi connectivity index (χ1) is 21.2. The van der Waals surface area contributed by atoms with E-state index in [-0.39, 0.29) is 6.42 Å². The van der Waals surface area contributed by atoms with Crippen molar-refractivity contribution < 1.29 is 28.0 Å². The highest BCUT2D eigenvalue weighted by atomic mass is 32.2. The van der Waals surface area contributed by atoms with E-state index in [1.807, 2.05) is 0 Å². The van der Waals surface area contributed by atoms with Crippen molar-refractivity contribution in [3.8, 4) is 0 Å². The Bertz CT molecular complexity index is 813. The summed E-state index contributed by atoms with van der Waals surface area (Å²) in [5, 5.41) is 23.2. The molecule has 7 nitrogen and oxygen atoms in total. The van der Waals surface area contributed by atoms with Gasteiger partial charge in [-0.15, -0.1) is 0 Å². The quantitative estimate of drug-likeness (QED) is 0.0329. The van der Waals surface area contributed by atoms with Gasteiger partial charge in [0.05, 0.1) is 17.9 Å². The molecule has 44 heavy (non-hydrogen) atoms. The Morgan fingerprint density at radius 1 is 0.614 bits per heavy atom. The van der Waals surface area contributed by atoms with Gasteiger partial charge in [0.1, 0.15) is 6.10 Å². The van der Waals surface area contributed by atoms with Crippen molar-refractivity contribution in [2.24, 2.45) is 0 Å². The second-order valence-electron chi connectivity index (χ2n) is 12.6. The molecule has 0 saturated carbocycles. The molecule has 260 valence electrons. The fourth-order valence-corrected chi connectivity index (χ4v) is 6.15. The van der Waals surface area contributed by atoms with Crippen LogP contribution in [-0.4, -0.2) is 53.1 Å². The largest absolute Gasteiger partial charge is 0.387 e. The summed E-state index contributed by atoms with van der Waals surface area (Å²) < 4.78 is 32.3. The van der Waals surface area contributed by atoms with Gasteiger partial charge in [0.15, 0.2) is 0 Å². The summed E-state index contributed by atoms with van der Waals surface area (Å²) in [6, 6.07) is -1.24. The van der Waals surface area contributed by atoms with Gasteiger partial charge in [-0.25, -0.2) is 0 Å². The number of aliphatic hydroxyl groups is 2. The molecule has 8 heteroatoms. The van der Waals surface area contributed by atoms with Crippen LogP contribution >= 0.6 is 0 Å². The van der Waals surface area contributed by atoms with Crippen LogP contribution < -0.4 is 5.32 Å². The van der Waals surface area contributed by atoms with E-state index in [1.54, 1.807) is 6.08 Å². The number of carbonyl (C=O) groups excluding carboxylic acids is 1. The second-order valence-corrected chi connectivity index (χ2v) is 14.1. The molecule has 0 spiro atoms. The fraction of sp³-hybridized carbons (Fsp3) is 0.861. The van der Waals surface area contributed by atoms with Crippen LogP contribution in [0.3, 0.4) is 0 Å². The maximum absolute atomic E-state index is 12.5. The minimum absolute atomic E-state index is 0.277. The van der Waals surface area contributed by atoms with Crippen LogP contribution in [0.5, 0.6) is 0 Å². The van der Waals surface area contributed by atoms with Gasteiger partial charge in [0.2, 0.25) is 5.91 Å². The Hall–Kier alpha value is -1.22. The van der Waals surface area contributed by atoms with Crippen LogP contribution in [0.4, 0.5) is 0 Å². The lowest BCUT2D eigenvalue weighted by Gasteiger charge is -2.22. The predicted octanol–water partition coefficient (Wildman–Crippen LogP) is 8.99. The van der Waals surface area contributed by atoms with Crippen LogP contribution in [-0.2, 0) is 14.9 Å². The van der Waals surface area contributed by atoms with Crippen molar-refractivity contribution in [1.82, 2.24) is 5.32 Å². The molecule has 0 saturated heterocycles. The molecule has 0 aliphatic rings. The zero-order chi connectivity index (χ0) is 32.7. The molecule has 0 aliphatic carbocycles.